The summed E-state index contributed by atoms with van der Waals surface area (Å²) in [6.07, 6.45) is 17.0. The minimum atomic E-state index is -0.384. The number of methoxy groups -OCH3 is 1. The summed E-state index contributed by atoms with van der Waals surface area (Å²) >= 11 is 0. The van der Waals surface area contributed by atoms with Crippen LogP contribution in [-0.2, 0) is 11.3 Å². The number of halogens is 1. The van der Waals surface area contributed by atoms with Crippen molar-refractivity contribution in [2.75, 3.05) is 7.11 Å². The number of hydrogen-bond donors (Lipinski definition) is 1. The van der Waals surface area contributed by atoms with Gasteiger partial charge in [0.1, 0.15) is 0 Å². The van der Waals surface area contributed by atoms with Gasteiger partial charge in [-0.25, -0.2) is 9.78 Å². The molecule has 0 radical (unpaired) electrons. The third kappa shape index (κ3) is 4.53. The number of ether oxygens (including phenoxy) is 1. The molecule has 1 aromatic carbocycles. The van der Waals surface area contributed by atoms with Crippen molar-refractivity contribution in [3.05, 3.63) is 71.3 Å². The van der Waals surface area contributed by atoms with Crippen molar-refractivity contribution in [2.45, 2.75) is 111 Å². The van der Waals surface area contributed by atoms with Crippen LogP contribution >= 0.6 is 0 Å². The Balaban J connectivity index is 1.15. The van der Waals surface area contributed by atoms with Gasteiger partial charge < -0.3 is 10.1 Å². The summed E-state index contributed by atoms with van der Waals surface area (Å²) < 4.78 is 18.8. The largest absolute Gasteiger partial charge is 0.465 e. The third-order valence-corrected chi connectivity index (χ3v) is 15.0. The molecule has 1 aromatic heterocycles. The number of hydrogen-bond acceptors (Lipinski definition) is 4. The Labute approximate surface area is 270 Å². The van der Waals surface area contributed by atoms with Gasteiger partial charge in [0.2, 0.25) is 5.95 Å². The highest BCUT2D eigenvalue weighted by Crippen LogP contribution is 2.76. The lowest BCUT2D eigenvalue weighted by atomic mass is 9.33. The Morgan fingerprint density at radius 2 is 1.69 bits per heavy atom. The summed E-state index contributed by atoms with van der Waals surface area (Å²) in [5, 5.41) is 4.04. The van der Waals surface area contributed by atoms with Crippen molar-refractivity contribution in [2.24, 2.45) is 45.3 Å². The molecule has 7 rings (SSSR count). The molecular weight excluding hydrogens is 559 g/mol. The fourth-order valence-electron chi connectivity index (χ4n) is 12.7. The van der Waals surface area contributed by atoms with Crippen molar-refractivity contribution in [1.82, 2.24) is 10.3 Å². The second-order valence-corrected chi connectivity index (χ2v) is 16.8. The van der Waals surface area contributed by atoms with Gasteiger partial charge in [0.25, 0.3) is 0 Å². The quantitative estimate of drug-likeness (QED) is 0.270. The number of nitrogens with one attached hydrogen (secondary N) is 1. The Bertz CT molecular complexity index is 1500. The summed E-state index contributed by atoms with van der Waals surface area (Å²) in [6.45, 7) is 13.8. The molecule has 2 aromatic rings. The van der Waals surface area contributed by atoms with Crippen LogP contribution in [-0.4, -0.2) is 23.6 Å². The first-order valence-electron chi connectivity index (χ1n) is 17.6. The van der Waals surface area contributed by atoms with Gasteiger partial charge in [-0.1, -0.05) is 59.2 Å². The van der Waals surface area contributed by atoms with Crippen LogP contribution in [0.3, 0.4) is 0 Å². The van der Waals surface area contributed by atoms with Crippen LogP contribution in [0.25, 0.3) is 5.57 Å². The van der Waals surface area contributed by atoms with Crippen molar-refractivity contribution in [3.8, 4) is 0 Å². The summed E-state index contributed by atoms with van der Waals surface area (Å²) in [5.41, 5.74) is 5.48. The predicted octanol–water partition coefficient (Wildman–Crippen LogP) is 9.40. The summed E-state index contributed by atoms with van der Waals surface area (Å²) in [7, 11) is 1.44. The topological polar surface area (TPSA) is 51.2 Å². The van der Waals surface area contributed by atoms with E-state index in [2.05, 4.69) is 63.1 Å². The third-order valence-electron chi connectivity index (χ3n) is 15.0. The normalized spacial score (nSPS) is 39.9. The second-order valence-electron chi connectivity index (χ2n) is 16.8. The molecule has 0 aliphatic heterocycles. The number of nitrogens with zero attached hydrogens (tertiary/aromatic N) is 1. The highest BCUT2D eigenvalue weighted by atomic mass is 19.1. The molecule has 4 nitrogen and oxygen atoms in total. The monoisotopic (exact) mass is 612 g/mol. The molecule has 5 aliphatic carbocycles. The molecule has 5 aliphatic rings. The lowest BCUT2D eigenvalue weighted by Gasteiger charge is -2.72. The van der Waals surface area contributed by atoms with E-state index in [1.54, 1.807) is 12.3 Å². The van der Waals surface area contributed by atoms with Gasteiger partial charge in [-0.3, -0.25) is 0 Å². The number of esters is 1. The van der Waals surface area contributed by atoms with Crippen LogP contribution in [0.15, 0.2) is 48.7 Å². The molecule has 0 spiro atoms. The van der Waals surface area contributed by atoms with Crippen molar-refractivity contribution < 1.29 is 13.9 Å². The molecular formula is C40H53FN2O2. The number of aromatic nitrogens is 1. The first-order chi connectivity index (χ1) is 21.4. The number of allylic oxidation sites excluding steroid dienone is 2. The smallest absolute Gasteiger partial charge is 0.337 e. The number of fused-ring (bicyclic) bond motifs is 7. The molecule has 0 saturated heterocycles. The number of carbonyl (C=O) groups excluding carboxylic acids is 1. The molecule has 5 heteroatoms. The molecule has 1 N–H and O–H groups in total. The molecule has 0 amide bonds. The lowest BCUT2D eigenvalue weighted by Crippen LogP contribution is -2.67. The van der Waals surface area contributed by atoms with E-state index >= 15 is 0 Å². The van der Waals surface area contributed by atoms with E-state index in [0.717, 1.165) is 24.4 Å². The summed E-state index contributed by atoms with van der Waals surface area (Å²) in [4.78, 5) is 15.8. The first kappa shape index (κ1) is 31.1. The van der Waals surface area contributed by atoms with Crippen LogP contribution in [0.2, 0.25) is 0 Å². The Kier molecular flexibility index (Phi) is 7.43. The van der Waals surface area contributed by atoms with E-state index in [4.69, 9.17) is 4.74 Å². The molecule has 4 saturated carbocycles. The van der Waals surface area contributed by atoms with Crippen molar-refractivity contribution in [1.29, 1.82) is 0 Å². The molecule has 8 atom stereocenters. The maximum absolute atomic E-state index is 13.9. The van der Waals surface area contributed by atoms with Crippen LogP contribution in [0, 0.1) is 51.3 Å². The fourth-order valence-corrected chi connectivity index (χ4v) is 12.7. The zero-order valence-electron chi connectivity index (χ0n) is 28.3. The summed E-state index contributed by atoms with van der Waals surface area (Å²) in [5.74, 6) is 2.12. The lowest BCUT2D eigenvalue weighted by molar-refractivity contribution is -0.217. The van der Waals surface area contributed by atoms with E-state index in [9.17, 15) is 9.18 Å². The van der Waals surface area contributed by atoms with E-state index in [1.807, 2.05) is 18.2 Å². The van der Waals surface area contributed by atoms with Gasteiger partial charge in [0, 0.05) is 18.3 Å². The average molecular weight is 613 g/mol. The number of pyridine rings is 1. The van der Waals surface area contributed by atoms with E-state index in [1.165, 1.54) is 76.0 Å². The van der Waals surface area contributed by atoms with Gasteiger partial charge in [-0.2, -0.15) is 4.39 Å². The van der Waals surface area contributed by atoms with Crippen LogP contribution in [0.1, 0.15) is 120 Å². The van der Waals surface area contributed by atoms with Gasteiger partial charge in [-0.05, 0) is 144 Å². The molecule has 3 unspecified atom stereocenters. The minimum absolute atomic E-state index is 0.0579. The number of carbonyl (C=O) groups is 1. The SMILES string of the molecule is COC(=O)c1ccc(C2=CC[C@@]3(C)C(CC[C@]4(C)C3CC[C@@H]3C5CCC[C@]5(NCc5ccnc(F)c5)CC[C@]34C)C2(C)C)cc1. The molecule has 4 fully saturated rings. The number of benzene rings is 1. The van der Waals surface area contributed by atoms with Crippen LogP contribution in [0.5, 0.6) is 0 Å². The predicted molar refractivity (Wildman–Crippen MR) is 178 cm³/mol. The van der Waals surface area contributed by atoms with E-state index in [0.29, 0.717) is 34.1 Å². The van der Waals surface area contributed by atoms with Gasteiger partial charge in [0.05, 0.1) is 12.7 Å². The zero-order valence-corrected chi connectivity index (χ0v) is 28.3. The fraction of sp³-hybridized carbons (Fsp3) is 0.650. The standard InChI is InChI=1S/C40H53FN2O2/c1-36(2)29(27-9-11-28(12-10-27)35(44)45-6)15-19-37(3)32(36)16-20-39(5)33(37)14-13-30-31-8-7-18-40(31,22-21-38(30,39)4)43-25-26-17-23-42-34(41)24-26/h9-12,15,17,23-24,30-33,43H,7-8,13-14,16,18-22,25H2,1-6H3/t30-,31?,32?,33?,37+,38-,39-,40+/m1/s1. The molecule has 0 bridgehead atoms. The van der Waals surface area contributed by atoms with Gasteiger partial charge in [0.15, 0.2) is 0 Å². The minimum Gasteiger partial charge on any atom is -0.465 e. The Morgan fingerprint density at radius 3 is 2.42 bits per heavy atom. The molecule has 242 valence electrons. The second kappa shape index (κ2) is 10.8. The molecule has 45 heavy (non-hydrogen) atoms. The average Bonchev–Trinajstić information content (AvgIpc) is 3.44. The van der Waals surface area contributed by atoms with Crippen LogP contribution in [0.4, 0.5) is 4.39 Å². The first-order valence-corrected chi connectivity index (χ1v) is 17.6. The van der Waals surface area contributed by atoms with E-state index in [-0.39, 0.29) is 28.3 Å². The zero-order chi connectivity index (χ0) is 31.8. The van der Waals surface area contributed by atoms with E-state index < -0.39 is 0 Å². The maximum atomic E-state index is 13.9. The maximum Gasteiger partial charge on any atom is 0.337 e. The summed E-state index contributed by atoms with van der Waals surface area (Å²) in [6, 6.07) is 11.6. The van der Waals surface area contributed by atoms with Crippen molar-refractivity contribution in [3.63, 3.8) is 0 Å². The molecule has 1 heterocycles. The van der Waals surface area contributed by atoms with Crippen LogP contribution < -0.4 is 5.32 Å². The highest BCUT2D eigenvalue weighted by molar-refractivity contribution is 5.89. The Morgan fingerprint density at radius 1 is 0.911 bits per heavy atom. The highest BCUT2D eigenvalue weighted by Gasteiger charge is 2.69. The van der Waals surface area contributed by atoms with Gasteiger partial charge in [-0.15, -0.1) is 0 Å². The van der Waals surface area contributed by atoms with Gasteiger partial charge >= 0.3 is 5.97 Å². The Hall–Kier alpha value is -2.53. The number of rotatable bonds is 5. The van der Waals surface area contributed by atoms with Crippen molar-refractivity contribution >= 4 is 11.5 Å².